The first-order valence-electron chi connectivity index (χ1n) is 9.87. The summed E-state index contributed by atoms with van der Waals surface area (Å²) in [6.07, 6.45) is -5.75. The molecule has 174 valence electrons. The topological polar surface area (TPSA) is 75.7 Å². The monoisotopic (exact) mass is 490 g/mol. The largest absolute Gasteiger partial charge is 0.481 e. The van der Waals surface area contributed by atoms with Gasteiger partial charge in [0, 0.05) is 24.7 Å². The highest BCUT2D eigenvalue weighted by Crippen LogP contribution is 2.29. The van der Waals surface area contributed by atoms with Crippen LogP contribution in [0.5, 0.6) is 5.75 Å². The van der Waals surface area contributed by atoms with Crippen LogP contribution in [0.1, 0.15) is 19.8 Å². The number of hydrogen-bond donors (Lipinski definition) is 1. The van der Waals surface area contributed by atoms with Crippen molar-refractivity contribution in [3.05, 3.63) is 53.6 Å². The highest BCUT2D eigenvalue weighted by molar-refractivity contribution is 7.89. The Hall–Kier alpha value is -2.30. The Bertz CT molecular complexity index is 1050. The van der Waals surface area contributed by atoms with Crippen LogP contribution >= 0.6 is 11.6 Å². The molecule has 3 rings (SSSR count). The number of piperidine rings is 1. The van der Waals surface area contributed by atoms with E-state index >= 15 is 0 Å². The molecule has 1 aliphatic rings. The first-order valence-corrected chi connectivity index (χ1v) is 11.7. The van der Waals surface area contributed by atoms with E-state index < -0.39 is 28.2 Å². The number of hydrogen-bond acceptors (Lipinski definition) is 4. The lowest BCUT2D eigenvalue weighted by molar-refractivity contribution is -0.189. The number of alkyl halides is 3. The third-order valence-corrected chi connectivity index (χ3v) is 7.57. The van der Waals surface area contributed by atoms with Gasteiger partial charge in [-0.2, -0.15) is 17.5 Å². The van der Waals surface area contributed by atoms with Gasteiger partial charge in [-0.25, -0.2) is 8.42 Å². The molecule has 2 aromatic rings. The fraction of sp³-hybridized carbons (Fsp3) is 0.381. The molecule has 11 heteroatoms. The number of ether oxygens (including phenoxy) is 1. The van der Waals surface area contributed by atoms with Gasteiger partial charge in [-0.3, -0.25) is 4.79 Å². The minimum absolute atomic E-state index is 0.0333. The van der Waals surface area contributed by atoms with Crippen LogP contribution in [0.25, 0.3) is 0 Å². The highest BCUT2D eigenvalue weighted by Gasteiger charge is 2.38. The predicted octanol–water partition coefficient (Wildman–Crippen LogP) is 4.71. The highest BCUT2D eigenvalue weighted by atomic mass is 35.5. The molecule has 1 heterocycles. The zero-order chi connectivity index (χ0) is 23.5. The summed E-state index contributed by atoms with van der Waals surface area (Å²) in [5.74, 6) is -0.642. The van der Waals surface area contributed by atoms with Gasteiger partial charge in [0.2, 0.25) is 15.9 Å². The third-order valence-electron chi connectivity index (χ3n) is 5.17. The zero-order valence-corrected chi connectivity index (χ0v) is 18.7. The van der Waals surface area contributed by atoms with Crippen molar-refractivity contribution in [3.63, 3.8) is 0 Å². The van der Waals surface area contributed by atoms with Crippen LogP contribution in [0.2, 0.25) is 5.02 Å². The van der Waals surface area contributed by atoms with Crippen LogP contribution in [0.15, 0.2) is 53.4 Å². The number of nitrogens with zero attached hydrogens (tertiary/aromatic N) is 1. The molecule has 0 aromatic heterocycles. The first kappa shape index (κ1) is 24.3. The van der Waals surface area contributed by atoms with E-state index in [1.165, 1.54) is 40.7 Å². The fourth-order valence-electron chi connectivity index (χ4n) is 3.28. The molecule has 1 aliphatic heterocycles. The lowest BCUT2D eigenvalue weighted by Crippen LogP contribution is -2.41. The maximum absolute atomic E-state index is 12.8. The summed E-state index contributed by atoms with van der Waals surface area (Å²) >= 11 is 6.02. The minimum Gasteiger partial charge on any atom is -0.481 e. The summed E-state index contributed by atoms with van der Waals surface area (Å²) in [4.78, 5) is 12.6. The molecule has 1 unspecified atom stereocenters. The van der Waals surface area contributed by atoms with Crippen molar-refractivity contribution in [3.8, 4) is 5.75 Å². The molecule has 2 aromatic carbocycles. The van der Waals surface area contributed by atoms with Crippen LogP contribution in [0, 0.1) is 5.92 Å². The van der Waals surface area contributed by atoms with E-state index in [-0.39, 0.29) is 34.7 Å². The van der Waals surface area contributed by atoms with Crippen molar-refractivity contribution in [1.82, 2.24) is 4.31 Å². The van der Waals surface area contributed by atoms with Crippen LogP contribution in [-0.4, -0.2) is 44.0 Å². The van der Waals surface area contributed by atoms with E-state index in [0.29, 0.717) is 18.5 Å². The second-order valence-corrected chi connectivity index (χ2v) is 9.74. The molecule has 0 radical (unpaired) electrons. The van der Waals surface area contributed by atoms with Gasteiger partial charge in [0.25, 0.3) is 0 Å². The van der Waals surface area contributed by atoms with Gasteiger partial charge < -0.3 is 10.1 Å². The molecule has 0 saturated carbocycles. The number of nitrogens with one attached hydrogen (secondary N) is 1. The van der Waals surface area contributed by atoms with Crippen molar-refractivity contribution in [1.29, 1.82) is 0 Å². The van der Waals surface area contributed by atoms with Gasteiger partial charge in [-0.15, -0.1) is 0 Å². The van der Waals surface area contributed by atoms with Crippen LogP contribution < -0.4 is 10.1 Å². The summed E-state index contributed by atoms with van der Waals surface area (Å²) in [5, 5.41) is 2.85. The molecule has 1 amide bonds. The standard InChI is InChI=1S/C21H22ClF3N2O4S/c1-14(21(23,24)25)31-17-8-6-16(7-9-17)26-20(28)15-10-12-27(13-11-15)32(29,30)19-5-3-2-4-18(19)22/h2-9,14-15H,10-13H2,1H3,(H,26,28). The fourth-order valence-corrected chi connectivity index (χ4v) is 5.25. The Morgan fingerprint density at radius 2 is 1.72 bits per heavy atom. The van der Waals surface area contributed by atoms with Crippen molar-refractivity contribution < 1.29 is 31.1 Å². The SMILES string of the molecule is CC(Oc1ccc(NC(=O)C2CCN(S(=O)(=O)c3ccccc3Cl)CC2)cc1)C(F)(F)F. The van der Waals surface area contributed by atoms with E-state index in [1.54, 1.807) is 12.1 Å². The Kier molecular flexibility index (Phi) is 7.36. The van der Waals surface area contributed by atoms with E-state index in [1.807, 2.05) is 0 Å². The maximum atomic E-state index is 12.8. The average Bonchev–Trinajstić information content (AvgIpc) is 2.74. The van der Waals surface area contributed by atoms with E-state index in [4.69, 9.17) is 16.3 Å². The summed E-state index contributed by atoms with van der Waals surface area (Å²) in [6.45, 7) is 1.26. The Morgan fingerprint density at radius 3 is 2.28 bits per heavy atom. The number of carbonyl (C=O) groups is 1. The maximum Gasteiger partial charge on any atom is 0.425 e. The van der Waals surface area contributed by atoms with Crippen LogP contribution in [-0.2, 0) is 14.8 Å². The lowest BCUT2D eigenvalue weighted by Gasteiger charge is -2.30. The van der Waals surface area contributed by atoms with Gasteiger partial charge in [-0.05, 0) is 56.2 Å². The van der Waals surface area contributed by atoms with Crippen molar-refractivity contribution >= 4 is 33.2 Å². The molecule has 1 N–H and O–H groups in total. The molecule has 32 heavy (non-hydrogen) atoms. The number of sulfonamides is 1. The number of benzene rings is 2. The van der Waals surface area contributed by atoms with Crippen LogP contribution in [0.4, 0.5) is 18.9 Å². The number of rotatable bonds is 6. The quantitative estimate of drug-likeness (QED) is 0.636. The normalized spacial score (nSPS) is 17.0. The molecule has 1 fully saturated rings. The summed E-state index contributed by atoms with van der Waals surface area (Å²) in [7, 11) is -3.75. The molecule has 1 saturated heterocycles. The molecule has 6 nitrogen and oxygen atoms in total. The predicted molar refractivity (Wildman–Crippen MR) is 114 cm³/mol. The second-order valence-electron chi connectivity index (χ2n) is 7.42. The summed E-state index contributed by atoms with van der Waals surface area (Å²) in [5.41, 5.74) is 0.410. The molecule has 0 aliphatic carbocycles. The van der Waals surface area contributed by atoms with Crippen molar-refractivity contribution in [2.75, 3.05) is 18.4 Å². The number of carbonyl (C=O) groups excluding carboxylic acids is 1. The first-order chi connectivity index (χ1) is 15.0. The summed E-state index contributed by atoms with van der Waals surface area (Å²) in [6, 6.07) is 11.8. The van der Waals surface area contributed by atoms with Gasteiger partial charge >= 0.3 is 6.18 Å². The minimum atomic E-state index is -4.47. The average molecular weight is 491 g/mol. The third kappa shape index (κ3) is 5.73. The Labute approximate surface area is 189 Å². The number of anilines is 1. The van der Waals surface area contributed by atoms with E-state index in [2.05, 4.69) is 5.32 Å². The number of amides is 1. The molecule has 0 bridgehead atoms. The molecule has 0 spiro atoms. The van der Waals surface area contributed by atoms with Gasteiger partial charge in [0.15, 0.2) is 6.10 Å². The van der Waals surface area contributed by atoms with E-state index in [9.17, 15) is 26.4 Å². The molecular weight excluding hydrogens is 469 g/mol. The zero-order valence-electron chi connectivity index (χ0n) is 17.1. The molecule has 1 atom stereocenters. The smallest absolute Gasteiger partial charge is 0.425 e. The van der Waals surface area contributed by atoms with Crippen molar-refractivity contribution in [2.45, 2.75) is 36.9 Å². The number of halogens is 4. The van der Waals surface area contributed by atoms with Gasteiger partial charge in [0.05, 0.1) is 5.02 Å². The Morgan fingerprint density at radius 1 is 1.12 bits per heavy atom. The van der Waals surface area contributed by atoms with Crippen molar-refractivity contribution in [2.24, 2.45) is 5.92 Å². The molecular formula is C21H22ClF3N2O4S. The van der Waals surface area contributed by atoms with Gasteiger partial charge in [-0.1, -0.05) is 23.7 Å². The Balaban J connectivity index is 1.55. The van der Waals surface area contributed by atoms with E-state index in [0.717, 1.165) is 6.92 Å². The van der Waals surface area contributed by atoms with Crippen LogP contribution in [0.3, 0.4) is 0 Å². The van der Waals surface area contributed by atoms with Gasteiger partial charge in [0.1, 0.15) is 10.6 Å². The lowest BCUT2D eigenvalue weighted by atomic mass is 9.97. The summed E-state index contributed by atoms with van der Waals surface area (Å²) < 4.78 is 69.5. The second kappa shape index (κ2) is 9.68.